The largest absolute Gasteiger partial charge is 0.497 e. The summed E-state index contributed by atoms with van der Waals surface area (Å²) in [5.74, 6) is 0.935. The standard InChI is InChI=1S/C14H22N2O/c1-12-11-15-8-10-16(12)9-7-13-3-5-14(17-2)6-4-13/h3-6,12,15H,7-11H2,1-2H3. The normalized spacial score (nSPS) is 21.4. The van der Waals surface area contributed by atoms with Crippen molar-refractivity contribution >= 4 is 0 Å². The molecule has 1 atom stereocenters. The maximum atomic E-state index is 5.16. The number of piperazine rings is 1. The van der Waals surface area contributed by atoms with Crippen LogP contribution in [0.5, 0.6) is 5.75 Å². The van der Waals surface area contributed by atoms with Gasteiger partial charge in [-0.2, -0.15) is 0 Å². The van der Waals surface area contributed by atoms with Crippen molar-refractivity contribution in [2.75, 3.05) is 33.3 Å². The van der Waals surface area contributed by atoms with E-state index >= 15 is 0 Å². The van der Waals surface area contributed by atoms with Gasteiger partial charge in [0, 0.05) is 32.2 Å². The predicted octanol–water partition coefficient (Wildman–Crippen LogP) is 1.53. The number of benzene rings is 1. The molecule has 0 amide bonds. The summed E-state index contributed by atoms with van der Waals surface area (Å²) in [4.78, 5) is 2.56. The molecule has 2 rings (SSSR count). The summed E-state index contributed by atoms with van der Waals surface area (Å²) in [6.07, 6.45) is 1.12. The topological polar surface area (TPSA) is 24.5 Å². The van der Waals surface area contributed by atoms with Crippen molar-refractivity contribution in [1.82, 2.24) is 10.2 Å². The molecule has 1 aliphatic heterocycles. The minimum absolute atomic E-state index is 0.655. The number of rotatable bonds is 4. The molecule has 17 heavy (non-hydrogen) atoms. The Morgan fingerprint density at radius 2 is 2.12 bits per heavy atom. The molecule has 0 spiro atoms. The molecule has 1 aliphatic rings. The monoisotopic (exact) mass is 234 g/mol. The molecule has 0 saturated carbocycles. The van der Waals surface area contributed by atoms with Crippen LogP contribution in [0.25, 0.3) is 0 Å². The molecule has 1 aromatic rings. The Bertz CT molecular complexity index is 337. The molecule has 1 unspecified atom stereocenters. The van der Waals surface area contributed by atoms with Gasteiger partial charge in [0.05, 0.1) is 7.11 Å². The zero-order chi connectivity index (χ0) is 12.1. The van der Waals surface area contributed by atoms with Gasteiger partial charge >= 0.3 is 0 Å². The summed E-state index contributed by atoms with van der Waals surface area (Å²) in [6.45, 7) is 6.84. The van der Waals surface area contributed by atoms with Crippen LogP contribution < -0.4 is 10.1 Å². The predicted molar refractivity (Wildman–Crippen MR) is 70.6 cm³/mol. The highest BCUT2D eigenvalue weighted by Gasteiger charge is 2.16. The zero-order valence-electron chi connectivity index (χ0n) is 10.8. The number of methoxy groups -OCH3 is 1. The zero-order valence-corrected chi connectivity index (χ0v) is 10.8. The van der Waals surface area contributed by atoms with Crippen molar-refractivity contribution < 1.29 is 4.74 Å². The number of nitrogens with zero attached hydrogens (tertiary/aromatic N) is 1. The molecule has 0 aromatic heterocycles. The summed E-state index contributed by atoms with van der Waals surface area (Å²) in [5, 5.41) is 3.42. The Labute approximate surface area is 104 Å². The van der Waals surface area contributed by atoms with E-state index < -0.39 is 0 Å². The molecule has 3 nitrogen and oxygen atoms in total. The van der Waals surface area contributed by atoms with Gasteiger partial charge in [0.15, 0.2) is 0 Å². The van der Waals surface area contributed by atoms with Gasteiger partial charge in [-0.3, -0.25) is 4.90 Å². The lowest BCUT2D eigenvalue weighted by molar-refractivity contribution is 0.176. The Morgan fingerprint density at radius 3 is 2.76 bits per heavy atom. The number of nitrogens with one attached hydrogen (secondary N) is 1. The summed E-state index contributed by atoms with van der Waals surface area (Å²) >= 11 is 0. The number of hydrogen-bond donors (Lipinski definition) is 1. The van der Waals surface area contributed by atoms with Gasteiger partial charge in [-0.15, -0.1) is 0 Å². The highest BCUT2D eigenvalue weighted by atomic mass is 16.5. The third kappa shape index (κ3) is 3.45. The molecule has 1 heterocycles. The van der Waals surface area contributed by atoms with E-state index in [0.29, 0.717) is 6.04 Å². The van der Waals surface area contributed by atoms with Gasteiger partial charge in [-0.05, 0) is 31.0 Å². The molecule has 0 bridgehead atoms. The molecule has 1 N–H and O–H groups in total. The van der Waals surface area contributed by atoms with Crippen molar-refractivity contribution in [3.05, 3.63) is 29.8 Å². The lowest BCUT2D eigenvalue weighted by atomic mass is 10.1. The van der Waals surface area contributed by atoms with Gasteiger partial charge < -0.3 is 10.1 Å². The highest BCUT2D eigenvalue weighted by molar-refractivity contribution is 5.27. The highest BCUT2D eigenvalue weighted by Crippen LogP contribution is 2.12. The summed E-state index contributed by atoms with van der Waals surface area (Å²) in [6, 6.07) is 9.05. The number of hydrogen-bond acceptors (Lipinski definition) is 3. The summed E-state index contributed by atoms with van der Waals surface area (Å²) in [7, 11) is 1.71. The van der Waals surface area contributed by atoms with Crippen LogP contribution in [-0.2, 0) is 6.42 Å². The SMILES string of the molecule is COc1ccc(CCN2CCNCC2C)cc1. The van der Waals surface area contributed by atoms with E-state index in [0.717, 1.165) is 38.3 Å². The first-order valence-electron chi connectivity index (χ1n) is 6.37. The fourth-order valence-electron chi connectivity index (χ4n) is 2.28. The van der Waals surface area contributed by atoms with Crippen molar-refractivity contribution in [2.24, 2.45) is 0 Å². The van der Waals surface area contributed by atoms with E-state index in [1.807, 2.05) is 12.1 Å². The van der Waals surface area contributed by atoms with Crippen LogP contribution in [0.1, 0.15) is 12.5 Å². The summed E-state index contributed by atoms with van der Waals surface area (Å²) in [5.41, 5.74) is 1.39. The van der Waals surface area contributed by atoms with E-state index in [-0.39, 0.29) is 0 Å². The first kappa shape index (κ1) is 12.4. The molecule has 0 radical (unpaired) electrons. The summed E-state index contributed by atoms with van der Waals surface area (Å²) < 4.78 is 5.16. The molecular weight excluding hydrogens is 212 g/mol. The third-order valence-electron chi connectivity index (χ3n) is 3.49. The second kappa shape index (κ2) is 6.03. The van der Waals surface area contributed by atoms with Crippen LogP contribution in [0, 0.1) is 0 Å². The molecule has 0 aliphatic carbocycles. The van der Waals surface area contributed by atoms with Crippen LogP contribution in [0.3, 0.4) is 0 Å². The van der Waals surface area contributed by atoms with Crippen LogP contribution in [0.2, 0.25) is 0 Å². The van der Waals surface area contributed by atoms with Gasteiger partial charge in [-0.25, -0.2) is 0 Å². The van der Waals surface area contributed by atoms with Gasteiger partial charge in [-0.1, -0.05) is 12.1 Å². The minimum Gasteiger partial charge on any atom is -0.497 e. The molecule has 1 aromatic carbocycles. The second-order valence-corrected chi connectivity index (χ2v) is 4.69. The van der Waals surface area contributed by atoms with Crippen molar-refractivity contribution in [3.63, 3.8) is 0 Å². The fraction of sp³-hybridized carbons (Fsp3) is 0.571. The molecule has 1 fully saturated rings. The third-order valence-corrected chi connectivity index (χ3v) is 3.49. The molecule has 94 valence electrons. The average molecular weight is 234 g/mol. The van der Waals surface area contributed by atoms with E-state index in [9.17, 15) is 0 Å². The van der Waals surface area contributed by atoms with E-state index in [1.165, 1.54) is 5.56 Å². The van der Waals surface area contributed by atoms with Gasteiger partial charge in [0.25, 0.3) is 0 Å². The van der Waals surface area contributed by atoms with Crippen LogP contribution in [-0.4, -0.2) is 44.2 Å². The Kier molecular flexibility index (Phi) is 4.40. The van der Waals surface area contributed by atoms with Crippen molar-refractivity contribution in [2.45, 2.75) is 19.4 Å². The average Bonchev–Trinajstić information content (AvgIpc) is 2.38. The van der Waals surface area contributed by atoms with E-state index in [1.54, 1.807) is 7.11 Å². The maximum Gasteiger partial charge on any atom is 0.118 e. The Balaban J connectivity index is 1.84. The van der Waals surface area contributed by atoms with E-state index in [2.05, 4.69) is 29.3 Å². The van der Waals surface area contributed by atoms with E-state index in [4.69, 9.17) is 4.74 Å². The quantitative estimate of drug-likeness (QED) is 0.855. The first-order valence-corrected chi connectivity index (χ1v) is 6.37. The molecule has 1 saturated heterocycles. The van der Waals surface area contributed by atoms with Crippen LogP contribution >= 0.6 is 0 Å². The fourth-order valence-corrected chi connectivity index (χ4v) is 2.28. The number of ether oxygens (including phenoxy) is 1. The van der Waals surface area contributed by atoms with Gasteiger partial charge in [0.2, 0.25) is 0 Å². The minimum atomic E-state index is 0.655. The first-order chi connectivity index (χ1) is 8.29. The Hall–Kier alpha value is -1.06. The molecule has 3 heteroatoms. The lowest BCUT2D eigenvalue weighted by Crippen LogP contribution is -2.50. The lowest BCUT2D eigenvalue weighted by Gasteiger charge is -2.33. The van der Waals surface area contributed by atoms with Crippen LogP contribution in [0.4, 0.5) is 0 Å². The Morgan fingerprint density at radius 1 is 1.35 bits per heavy atom. The smallest absolute Gasteiger partial charge is 0.118 e. The maximum absolute atomic E-state index is 5.16. The van der Waals surface area contributed by atoms with Gasteiger partial charge in [0.1, 0.15) is 5.75 Å². The second-order valence-electron chi connectivity index (χ2n) is 4.69. The van der Waals surface area contributed by atoms with Crippen molar-refractivity contribution in [3.8, 4) is 5.75 Å². The molecular formula is C14H22N2O. The van der Waals surface area contributed by atoms with Crippen molar-refractivity contribution in [1.29, 1.82) is 0 Å². The van der Waals surface area contributed by atoms with Crippen LogP contribution in [0.15, 0.2) is 24.3 Å².